The van der Waals surface area contributed by atoms with Crippen LogP contribution in [-0.2, 0) is 11.2 Å². The smallest absolute Gasteiger partial charge is 0.238 e. The van der Waals surface area contributed by atoms with Crippen molar-refractivity contribution in [3.63, 3.8) is 0 Å². The van der Waals surface area contributed by atoms with Gasteiger partial charge < -0.3 is 4.90 Å². The molecule has 1 aromatic rings. The summed E-state index contributed by atoms with van der Waals surface area (Å²) in [6.45, 7) is 5.65. The van der Waals surface area contributed by atoms with Gasteiger partial charge in [-0.3, -0.25) is 10.1 Å². The monoisotopic (exact) mass is 292 g/mol. The maximum atomic E-state index is 12.0. The van der Waals surface area contributed by atoms with Crippen molar-refractivity contribution in [2.75, 3.05) is 19.3 Å². The van der Waals surface area contributed by atoms with Gasteiger partial charge in [0.1, 0.15) is 6.17 Å². The molecule has 0 radical (unpaired) electrons. The predicted octanol–water partition coefficient (Wildman–Crippen LogP) is 2.82. The molecule has 110 valence electrons. The minimum Gasteiger partial charge on any atom is -0.322 e. The lowest BCUT2D eigenvalue weighted by atomic mass is 10.1. The summed E-state index contributed by atoms with van der Waals surface area (Å²) in [6.07, 6.45) is 4.25. The van der Waals surface area contributed by atoms with Gasteiger partial charge in [-0.1, -0.05) is 38.1 Å². The van der Waals surface area contributed by atoms with E-state index < -0.39 is 0 Å². The Morgan fingerprint density at radius 1 is 1.40 bits per heavy atom. The molecule has 0 saturated carbocycles. The fraction of sp³-hybridized carbons (Fsp3) is 0.562. The average molecular weight is 292 g/mol. The van der Waals surface area contributed by atoms with E-state index in [2.05, 4.69) is 49.7 Å². The lowest BCUT2D eigenvalue weighted by Crippen LogP contribution is -2.32. The summed E-state index contributed by atoms with van der Waals surface area (Å²) < 4.78 is 0. The summed E-state index contributed by atoms with van der Waals surface area (Å²) in [5, 5.41) is 3.91. The molecule has 2 atom stereocenters. The maximum Gasteiger partial charge on any atom is 0.238 e. The fourth-order valence-electron chi connectivity index (χ4n) is 2.47. The van der Waals surface area contributed by atoms with Gasteiger partial charge in [-0.25, -0.2) is 0 Å². The van der Waals surface area contributed by atoms with E-state index >= 15 is 0 Å². The first-order valence-corrected chi connectivity index (χ1v) is 8.59. The van der Waals surface area contributed by atoms with Crippen molar-refractivity contribution >= 4 is 17.7 Å². The Morgan fingerprint density at radius 2 is 2.10 bits per heavy atom. The quantitative estimate of drug-likeness (QED) is 0.875. The molecule has 0 aromatic heterocycles. The molecule has 20 heavy (non-hydrogen) atoms. The lowest BCUT2D eigenvalue weighted by molar-refractivity contribution is -0.128. The van der Waals surface area contributed by atoms with Crippen LogP contribution in [0.4, 0.5) is 0 Å². The standard InChI is InChI=1S/C16H24N2OS/c1-4-13-5-7-14(8-6-13)16-17-11-15(19)18(16)10-9-12(2)20-3/h5-8,12,16-17H,4,9-11H2,1-3H3. The van der Waals surface area contributed by atoms with E-state index in [1.165, 1.54) is 11.1 Å². The summed E-state index contributed by atoms with van der Waals surface area (Å²) in [5.41, 5.74) is 2.52. The molecule has 1 aliphatic rings. The number of hydrogen-bond donors (Lipinski definition) is 1. The van der Waals surface area contributed by atoms with E-state index in [9.17, 15) is 4.79 Å². The van der Waals surface area contributed by atoms with Crippen molar-refractivity contribution in [1.29, 1.82) is 0 Å². The second-order valence-corrected chi connectivity index (χ2v) is 6.58. The Hall–Kier alpha value is -1.00. The highest BCUT2D eigenvalue weighted by Gasteiger charge is 2.31. The van der Waals surface area contributed by atoms with Gasteiger partial charge in [0.25, 0.3) is 0 Å². The molecule has 2 unspecified atom stereocenters. The minimum atomic E-state index is 0.0439. The van der Waals surface area contributed by atoms with E-state index in [1.807, 2.05) is 16.7 Å². The highest BCUT2D eigenvalue weighted by molar-refractivity contribution is 7.99. The number of aryl methyl sites for hydroxylation is 1. The molecular weight excluding hydrogens is 268 g/mol. The topological polar surface area (TPSA) is 32.3 Å². The molecule has 1 amide bonds. The van der Waals surface area contributed by atoms with Crippen LogP contribution in [0.15, 0.2) is 24.3 Å². The van der Waals surface area contributed by atoms with Crippen LogP contribution in [0, 0.1) is 0 Å². The van der Waals surface area contributed by atoms with Crippen molar-refractivity contribution < 1.29 is 4.79 Å². The Kier molecular flexibility index (Phi) is 5.49. The fourth-order valence-corrected chi connectivity index (χ4v) is 2.81. The normalized spacial score (nSPS) is 20.4. The van der Waals surface area contributed by atoms with Crippen molar-refractivity contribution in [1.82, 2.24) is 10.2 Å². The molecule has 4 heteroatoms. The highest BCUT2D eigenvalue weighted by atomic mass is 32.2. The molecule has 1 aromatic carbocycles. The van der Waals surface area contributed by atoms with Gasteiger partial charge in [0.15, 0.2) is 0 Å². The van der Waals surface area contributed by atoms with Gasteiger partial charge in [-0.15, -0.1) is 0 Å². The highest BCUT2D eigenvalue weighted by Crippen LogP contribution is 2.24. The van der Waals surface area contributed by atoms with Crippen LogP contribution < -0.4 is 5.32 Å². The van der Waals surface area contributed by atoms with Gasteiger partial charge in [-0.2, -0.15) is 11.8 Å². The summed E-state index contributed by atoms with van der Waals surface area (Å²) in [6, 6.07) is 8.59. The predicted molar refractivity (Wildman–Crippen MR) is 85.9 cm³/mol. The summed E-state index contributed by atoms with van der Waals surface area (Å²) in [7, 11) is 0. The summed E-state index contributed by atoms with van der Waals surface area (Å²) in [4.78, 5) is 14.0. The average Bonchev–Trinajstić information content (AvgIpc) is 2.86. The third-order valence-electron chi connectivity index (χ3n) is 3.96. The van der Waals surface area contributed by atoms with Crippen molar-refractivity contribution in [3.8, 4) is 0 Å². The largest absolute Gasteiger partial charge is 0.322 e. The zero-order valence-corrected chi connectivity index (χ0v) is 13.4. The molecule has 1 aliphatic heterocycles. The van der Waals surface area contributed by atoms with Gasteiger partial charge in [0.2, 0.25) is 5.91 Å². The number of carbonyl (C=O) groups excluding carboxylic acids is 1. The molecule has 0 aliphatic carbocycles. The number of amides is 1. The van der Waals surface area contributed by atoms with Gasteiger partial charge in [0.05, 0.1) is 6.54 Å². The van der Waals surface area contributed by atoms with E-state index in [4.69, 9.17) is 0 Å². The Labute approximate surface area is 126 Å². The van der Waals surface area contributed by atoms with Crippen molar-refractivity contribution in [2.24, 2.45) is 0 Å². The first-order valence-electron chi connectivity index (χ1n) is 7.30. The number of benzene rings is 1. The Morgan fingerprint density at radius 3 is 2.70 bits per heavy atom. The van der Waals surface area contributed by atoms with Crippen molar-refractivity contribution in [3.05, 3.63) is 35.4 Å². The van der Waals surface area contributed by atoms with Crippen LogP contribution in [0.2, 0.25) is 0 Å². The molecule has 2 rings (SSSR count). The van der Waals surface area contributed by atoms with Crippen LogP contribution in [0.25, 0.3) is 0 Å². The summed E-state index contributed by atoms with van der Waals surface area (Å²) in [5.74, 6) is 0.211. The molecular formula is C16H24N2OS. The number of rotatable bonds is 6. The SMILES string of the molecule is CCc1ccc(C2NCC(=O)N2CCC(C)SC)cc1. The van der Waals surface area contributed by atoms with Gasteiger partial charge in [0, 0.05) is 11.8 Å². The van der Waals surface area contributed by atoms with Crippen LogP contribution in [-0.4, -0.2) is 35.4 Å². The second-order valence-electron chi connectivity index (χ2n) is 5.30. The number of hydrogen-bond acceptors (Lipinski definition) is 3. The van der Waals surface area contributed by atoms with Gasteiger partial charge >= 0.3 is 0 Å². The molecule has 1 N–H and O–H groups in total. The van der Waals surface area contributed by atoms with Gasteiger partial charge in [-0.05, 0) is 30.2 Å². The number of thioether (sulfide) groups is 1. The third-order valence-corrected chi connectivity index (χ3v) is 5.00. The van der Waals surface area contributed by atoms with E-state index in [0.29, 0.717) is 11.8 Å². The number of carbonyl (C=O) groups is 1. The van der Waals surface area contributed by atoms with Crippen LogP contribution in [0.3, 0.4) is 0 Å². The maximum absolute atomic E-state index is 12.0. The molecule has 0 bridgehead atoms. The van der Waals surface area contributed by atoms with Crippen LogP contribution in [0.1, 0.15) is 37.6 Å². The molecule has 1 heterocycles. The number of nitrogens with one attached hydrogen (secondary N) is 1. The molecule has 3 nitrogen and oxygen atoms in total. The summed E-state index contributed by atoms with van der Waals surface area (Å²) >= 11 is 1.85. The third kappa shape index (κ3) is 3.55. The lowest BCUT2D eigenvalue weighted by Gasteiger charge is -2.26. The first-order chi connectivity index (χ1) is 9.65. The zero-order valence-electron chi connectivity index (χ0n) is 12.6. The Balaban J connectivity index is 2.06. The van der Waals surface area contributed by atoms with Crippen molar-refractivity contribution in [2.45, 2.75) is 38.1 Å². The first kappa shape index (κ1) is 15.4. The molecule has 0 spiro atoms. The number of nitrogens with zero attached hydrogens (tertiary/aromatic N) is 1. The van der Waals surface area contributed by atoms with E-state index in [0.717, 1.165) is 19.4 Å². The van der Waals surface area contributed by atoms with E-state index in [-0.39, 0.29) is 12.1 Å². The van der Waals surface area contributed by atoms with Crippen LogP contribution >= 0.6 is 11.8 Å². The Bertz CT molecular complexity index is 446. The molecule has 1 fully saturated rings. The minimum absolute atomic E-state index is 0.0439. The zero-order chi connectivity index (χ0) is 14.5. The molecule has 1 saturated heterocycles. The second kappa shape index (κ2) is 7.14. The van der Waals surface area contributed by atoms with E-state index in [1.54, 1.807) is 0 Å². The van der Waals surface area contributed by atoms with Crippen LogP contribution in [0.5, 0.6) is 0 Å².